The average Bonchev–Trinajstić information content (AvgIpc) is 2.52. The molecule has 0 aliphatic carbocycles. The molecular weight excluding hydrogens is 322 g/mol. The van der Waals surface area contributed by atoms with Crippen LogP contribution >= 0.6 is 11.8 Å². The third-order valence-electron chi connectivity index (χ3n) is 3.74. The van der Waals surface area contributed by atoms with Gasteiger partial charge in [-0.3, -0.25) is 4.79 Å². The summed E-state index contributed by atoms with van der Waals surface area (Å²) in [7, 11) is 1.75. The Kier molecular flexibility index (Phi) is 9.43. The average molecular weight is 350 g/mol. The molecule has 0 spiro atoms. The summed E-state index contributed by atoms with van der Waals surface area (Å²) >= 11 is 6.10. The lowest BCUT2D eigenvalue weighted by Crippen LogP contribution is -2.20. The lowest BCUT2D eigenvalue weighted by atomic mass is 10.0. The maximum absolute atomic E-state index is 12.1. The number of benzene rings is 1. The van der Waals surface area contributed by atoms with E-state index in [0.29, 0.717) is 6.61 Å². The van der Waals surface area contributed by atoms with Crippen molar-refractivity contribution in [1.29, 1.82) is 0 Å². The van der Waals surface area contributed by atoms with Crippen LogP contribution in [0.3, 0.4) is 0 Å². The fourth-order valence-corrected chi connectivity index (χ4v) is 2.49. The monoisotopic (exact) mass is 349 g/mol. The molecule has 1 rings (SSSR count). The van der Waals surface area contributed by atoms with Gasteiger partial charge in [0, 0.05) is 7.05 Å². The number of halogens is 1. The molecule has 1 atom stereocenters. The van der Waals surface area contributed by atoms with Crippen molar-refractivity contribution in [2.75, 3.05) is 13.7 Å². The zero-order chi connectivity index (χ0) is 17.9. The van der Waals surface area contributed by atoms with Crippen LogP contribution < -0.4 is 0 Å². The molecule has 0 N–H and O–H groups in total. The van der Waals surface area contributed by atoms with E-state index in [1.54, 1.807) is 7.05 Å². The predicted octanol–water partition coefficient (Wildman–Crippen LogP) is 5.44. The van der Waals surface area contributed by atoms with Crippen LogP contribution in [0.5, 0.6) is 0 Å². The van der Waals surface area contributed by atoms with Gasteiger partial charge in [0.05, 0.1) is 12.5 Å². The van der Waals surface area contributed by atoms with E-state index >= 15 is 0 Å². The molecular formula is C20H28ClNO2. The summed E-state index contributed by atoms with van der Waals surface area (Å²) in [6, 6.07) is 9.55. The van der Waals surface area contributed by atoms with E-state index in [2.05, 4.69) is 26.8 Å². The quantitative estimate of drug-likeness (QED) is 0.338. The number of rotatable bonds is 9. The summed E-state index contributed by atoms with van der Waals surface area (Å²) < 4.78 is 6.85. The van der Waals surface area contributed by atoms with E-state index in [0.717, 1.165) is 18.4 Å². The highest BCUT2D eigenvalue weighted by Crippen LogP contribution is 2.24. The highest BCUT2D eigenvalue weighted by molar-refractivity contribution is 6.13. The van der Waals surface area contributed by atoms with Crippen LogP contribution in [0.15, 0.2) is 53.6 Å². The predicted molar refractivity (Wildman–Crippen MR) is 101 cm³/mol. The second kappa shape index (κ2) is 11.1. The van der Waals surface area contributed by atoms with E-state index in [-0.39, 0.29) is 18.4 Å². The Hall–Kier alpha value is -1.58. The smallest absolute Gasteiger partial charge is 0.308 e. The molecule has 132 valence electrons. The lowest BCUT2D eigenvalue weighted by Gasteiger charge is -2.21. The van der Waals surface area contributed by atoms with E-state index in [9.17, 15) is 4.79 Å². The lowest BCUT2D eigenvalue weighted by molar-refractivity contribution is -0.143. The molecule has 3 nitrogen and oxygen atoms in total. The van der Waals surface area contributed by atoms with Gasteiger partial charge in [-0.05, 0) is 57.0 Å². The molecule has 1 aromatic carbocycles. The Morgan fingerprint density at radius 1 is 1.21 bits per heavy atom. The normalized spacial score (nSPS) is 12.8. The Morgan fingerprint density at radius 3 is 2.46 bits per heavy atom. The van der Waals surface area contributed by atoms with Crippen molar-refractivity contribution in [1.82, 2.24) is 4.42 Å². The van der Waals surface area contributed by atoms with Crippen molar-refractivity contribution >= 4 is 17.7 Å². The molecule has 4 heteroatoms. The van der Waals surface area contributed by atoms with Crippen LogP contribution in [0.1, 0.15) is 51.6 Å². The standard InChI is InChI=1S/C20H28ClNO2/c1-16(2)9-8-10-17(3)13-14-24-20(23)15-19(22(4)21)18-11-6-5-7-12-18/h5-7,9,11-13,19H,8,10,14-15H2,1-4H3/b17-13+/t19-/m1/s1. The van der Waals surface area contributed by atoms with E-state index in [1.807, 2.05) is 36.4 Å². The van der Waals surface area contributed by atoms with Crippen LogP contribution in [-0.2, 0) is 9.53 Å². The summed E-state index contributed by atoms with van der Waals surface area (Å²) in [5, 5.41) is 0. The number of hydrogen-bond acceptors (Lipinski definition) is 3. The number of carbonyl (C=O) groups excluding carboxylic acids is 1. The van der Waals surface area contributed by atoms with Crippen LogP contribution in [0.2, 0.25) is 0 Å². The highest BCUT2D eigenvalue weighted by atomic mass is 35.5. The Labute approximate surface area is 151 Å². The van der Waals surface area contributed by atoms with Crippen molar-refractivity contribution in [2.24, 2.45) is 0 Å². The van der Waals surface area contributed by atoms with Gasteiger partial charge in [-0.1, -0.05) is 47.6 Å². The molecule has 24 heavy (non-hydrogen) atoms. The fourth-order valence-electron chi connectivity index (χ4n) is 2.31. The molecule has 0 heterocycles. The first-order chi connectivity index (χ1) is 11.4. The minimum Gasteiger partial charge on any atom is -0.461 e. The van der Waals surface area contributed by atoms with E-state index in [1.165, 1.54) is 15.6 Å². The first kappa shape index (κ1) is 20.5. The molecule has 0 saturated carbocycles. The van der Waals surface area contributed by atoms with Gasteiger partial charge in [-0.25, -0.2) is 4.42 Å². The van der Waals surface area contributed by atoms with Crippen LogP contribution in [0, 0.1) is 0 Å². The van der Waals surface area contributed by atoms with Crippen LogP contribution in [0.4, 0.5) is 0 Å². The summed E-state index contributed by atoms with van der Waals surface area (Å²) in [6.45, 7) is 6.56. The maximum atomic E-state index is 12.1. The largest absolute Gasteiger partial charge is 0.461 e. The fraction of sp³-hybridized carbons (Fsp3) is 0.450. The van der Waals surface area contributed by atoms with Gasteiger partial charge in [0.25, 0.3) is 0 Å². The second-order valence-electron chi connectivity index (χ2n) is 6.21. The zero-order valence-corrected chi connectivity index (χ0v) is 15.8. The summed E-state index contributed by atoms with van der Waals surface area (Å²) in [5.74, 6) is -0.246. The molecule has 0 aliphatic rings. The zero-order valence-electron chi connectivity index (χ0n) is 15.1. The number of ether oxygens (including phenoxy) is 1. The van der Waals surface area contributed by atoms with Gasteiger partial charge >= 0.3 is 5.97 Å². The van der Waals surface area contributed by atoms with Gasteiger partial charge in [0.2, 0.25) is 0 Å². The molecule has 0 saturated heterocycles. The summed E-state index contributed by atoms with van der Waals surface area (Å²) in [5.41, 5.74) is 3.56. The minimum absolute atomic E-state index is 0.192. The van der Waals surface area contributed by atoms with E-state index < -0.39 is 0 Å². The Balaban J connectivity index is 2.45. The van der Waals surface area contributed by atoms with E-state index in [4.69, 9.17) is 16.5 Å². The third-order valence-corrected chi connectivity index (χ3v) is 3.98. The molecule has 1 aromatic rings. The first-order valence-electron chi connectivity index (χ1n) is 8.28. The van der Waals surface area contributed by atoms with Gasteiger partial charge in [-0.2, -0.15) is 0 Å². The number of allylic oxidation sites excluding steroid dienone is 3. The summed E-state index contributed by atoms with van der Waals surface area (Å²) in [4.78, 5) is 12.1. The van der Waals surface area contributed by atoms with Crippen molar-refractivity contribution in [3.8, 4) is 0 Å². The molecule has 0 radical (unpaired) electrons. The van der Waals surface area contributed by atoms with Crippen LogP contribution in [0.25, 0.3) is 0 Å². The molecule has 0 bridgehead atoms. The number of carbonyl (C=O) groups is 1. The molecule has 0 aliphatic heterocycles. The van der Waals surface area contributed by atoms with Gasteiger partial charge in [-0.15, -0.1) is 0 Å². The summed E-state index contributed by atoms with van der Waals surface area (Å²) in [6.07, 6.45) is 6.42. The maximum Gasteiger partial charge on any atom is 0.308 e. The van der Waals surface area contributed by atoms with Crippen molar-refractivity contribution in [2.45, 2.75) is 46.1 Å². The SMILES string of the molecule is CC(C)=CCC/C(C)=C/COC(=O)C[C@H](c1ccccc1)N(C)Cl. The number of nitrogens with zero attached hydrogens (tertiary/aromatic N) is 1. The Morgan fingerprint density at radius 2 is 1.88 bits per heavy atom. The topological polar surface area (TPSA) is 29.5 Å². The Bertz CT molecular complexity index is 560. The van der Waals surface area contributed by atoms with Gasteiger partial charge in [0.15, 0.2) is 0 Å². The van der Waals surface area contributed by atoms with Crippen molar-refractivity contribution in [3.05, 3.63) is 59.2 Å². The van der Waals surface area contributed by atoms with Crippen molar-refractivity contribution in [3.63, 3.8) is 0 Å². The first-order valence-corrected chi connectivity index (χ1v) is 8.62. The van der Waals surface area contributed by atoms with Gasteiger partial charge < -0.3 is 4.74 Å². The van der Waals surface area contributed by atoms with Crippen LogP contribution in [-0.4, -0.2) is 24.0 Å². The molecule has 0 unspecified atom stereocenters. The minimum atomic E-state index is -0.246. The van der Waals surface area contributed by atoms with Crippen molar-refractivity contribution < 1.29 is 9.53 Å². The molecule has 0 amide bonds. The van der Waals surface area contributed by atoms with Gasteiger partial charge in [0.1, 0.15) is 6.61 Å². The molecule has 0 fully saturated rings. The number of hydrogen-bond donors (Lipinski definition) is 0. The third kappa shape index (κ3) is 8.32. The second-order valence-corrected chi connectivity index (χ2v) is 6.74. The number of esters is 1. The highest BCUT2D eigenvalue weighted by Gasteiger charge is 2.20. The molecule has 0 aromatic heterocycles.